The minimum atomic E-state index is -1.36. The molecule has 12 nitrogen and oxygen atoms in total. The van der Waals surface area contributed by atoms with Gasteiger partial charge in [-0.25, -0.2) is 14.6 Å². The molecular weight excluding hydrogens is 637 g/mol. The van der Waals surface area contributed by atoms with Crippen LogP contribution in [0.2, 0.25) is 10.0 Å². The van der Waals surface area contributed by atoms with Crippen molar-refractivity contribution in [3.05, 3.63) is 105 Å². The van der Waals surface area contributed by atoms with E-state index in [0.29, 0.717) is 22.7 Å². The number of carbonyl (C=O) groups excluding carboxylic acids is 3. The Kier molecular flexibility index (Phi) is 11.2. The molecule has 0 aliphatic heterocycles. The topological polar surface area (TPSA) is 163 Å². The molecule has 0 saturated carbocycles. The number of benzene rings is 3. The number of amides is 4. The van der Waals surface area contributed by atoms with E-state index in [2.05, 4.69) is 20.9 Å². The third-order valence-electron chi connectivity index (χ3n) is 6.86. The fourth-order valence-corrected chi connectivity index (χ4v) is 4.97. The lowest BCUT2D eigenvalue weighted by Gasteiger charge is -2.17. The van der Waals surface area contributed by atoms with Gasteiger partial charge in [-0.3, -0.25) is 9.59 Å². The Morgan fingerprint density at radius 1 is 1.00 bits per heavy atom. The molecule has 4 aromatic rings. The van der Waals surface area contributed by atoms with E-state index in [0.717, 1.165) is 5.56 Å². The average Bonchev–Trinajstić information content (AvgIpc) is 3.45. The number of nitrogens with zero attached hydrogens (tertiary/aromatic N) is 2. The van der Waals surface area contributed by atoms with Gasteiger partial charge in [-0.2, -0.15) is 0 Å². The Morgan fingerprint density at radius 2 is 1.70 bits per heavy atom. The minimum absolute atomic E-state index is 0.00795. The number of aliphatic carboxylic acids is 1. The number of hydrogen-bond acceptors (Lipinski definition) is 7. The Hall–Kier alpha value is -5.07. The van der Waals surface area contributed by atoms with Crippen LogP contribution in [0.3, 0.4) is 0 Å². The van der Waals surface area contributed by atoms with E-state index in [1.165, 1.54) is 30.3 Å². The number of aryl methyl sites for hydroxylation is 1. The van der Waals surface area contributed by atoms with Crippen LogP contribution in [-0.2, 0) is 29.0 Å². The number of hydrogen-bond donors (Lipinski definition) is 4. The first-order chi connectivity index (χ1) is 21.9. The van der Waals surface area contributed by atoms with Gasteiger partial charge in [0.05, 0.1) is 47.6 Å². The van der Waals surface area contributed by atoms with Crippen molar-refractivity contribution < 1.29 is 33.4 Å². The van der Waals surface area contributed by atoms with E-state index >= 15 is 0 Å². The Bertz CT molecular complexity index is 1740. The third kappa shape index (κ3) is 8.77. The SMILES string of the molecule is COc1cc(CC(=O)N(C)Cc2ncc(CC(NC(=O)c3c(Cl)cccc3Cl)C(=O)O)o2)ccc1NC(=O)Nc1ccccc1C. The number of nitrogens with one attached hydrogen (secondary N) is 3. The molecular formula is C32H31Cl2N5O7. The van der Waals surface area contributed by atoms with Crippen LogP contribution >= 0.6 is 23.2 Å². The molecule has 0 aliphatic rings. The van der Waals surface area contributed by atoms with E-state index < -0.39 is 23.9 Å². The molecule has 1 atom stereocenters. The number of oxazole rings is 1. The molecule has 1 heterocycles. The predicted molar refractivity (Wildman–Crippen MR) is 173 cm³/mol. The van der Waals surface area contributed by atoms with E-state index in [1.807, 2.05) is 25.1 Å². The predicted octanol–water partition coefficient (Wildman–Crippen LogP) is 5.57. The highest BCUT2D eigenvalue weighted by Gasteiger charge is 2.25. The molecule has 4 rings (SSSR count). The van der Waals surface area contributed by atoms with Gasteiger partial charge in [-0.05, 0) is 48.4 Å². The number of anilines is 2. The summed E-state index contributed by atoms with van der Waals surface area (Å²) in [5, 5.41) is 17.8. The number of halogens is 2. The fraction of sp³-hybridized carbons (Fsp3) is 0.219. The summed E-state index contributed by atoms with van der Waals surface area (Å²) in [4.78, 5) is 55.6. The number of methoxy groups -OCH3 is 1. The third-order valence-corrected chi connectivity index (χ3v) is 7.49. The van der Waals surface area contributed by atoms with Gasteiger partial charge in [-0.1, -0.05) is 53.5 Å². The van der Waals surface area contributed by atoms with E-state index in [-0.39, 0.29) is 52.6 Å². The number of ether oxygens (including phenoxy) is 1. The molecule has 14 heteroatoms. The Morgan fingerprint density at radius 3 is 2.37 bits per heavy atom. The van der Waals surface area contributed by atoms with Crippen molar-refractivity contribution in [3.63, 3.8) is 0 Å². The number of carboxylic acid groups (broad SMARTS) is 1. The molecule has 3 aromatic carbocycles. The molecule has 4 amide bonds. The lowest BCUT2D eigenvalue weighted by molar-refractivity contribution is -0.139. The molecule has 1 aromatic heterocycles. The van der Waals surface area contributed by atoms with Gasteiger partial charge in [0, 0.05) is 19.2 Å². The number of rotatable bonds is 12. The fourth-order valence-electron chi connectivity index (χ4n) is 4.40. The van der Waals surface area contributed by atoms with Crippen molar-refractivity contribution in [2.75, 3.05) is 24.8 Å². The van der Waals surface area contributed by atoms with Crippen LogP contribution in [0.4, 0.5) is 16.2 Å². The summed E-state index contributed by atoms with van der Waals surface area (Å²) >= 11 is 12.1. The van der Waals surface area contributed by atoms with Gasteiger partial charge in [0.25, 0.3) is 5.91 Å². The summed E-state index contributed by atoms with van der Waals surface area (Å²) in [6, 6.07) is 15.1. The minimum Gasteiger partial charge on any atom is -0.495 e. The maximum absolute atomic E-state index is 13.0. The zero-order chi connectivity index (χ0) is 33.4. The normalized spacial score (nSPS) is 11.3. The zero-order valence-electron chi connectivity index (χ0n) is 25.1. The van der Waals surface area contributed by atoms with Crippen molar-refractivity contribution in [2.24, 2.45) is 0 Å². The first kappa shape index (κ1) is 33.8. The number of carboxylic acids is 1. The van der Waals surface area contributed by atoms with E-state index in [9.17, 15) is 24.3 Å². The highest BCUT2D eigenvalue weighted by Crippen LogP contribution is 2.27. The first-order valence-corrected chi connectivity index (χ1v) is 14.7. The number of para-hydroxylation sites is 1. The van der Waals surface area contributed by atoms with Gasteiger partial charge in [0.15, 0.2) is 0 Å². The molecule has 0 fully saturated rings. The van der Waals surface area contributed by atoms with E-state index in [1.54, 1.807) is 37.4 Å². The summed E-state index contributed by atoms with van der Waals surface area (Å²) < 4.78 is 11.1. The van der Waals surface area contributed by atoms with Crippen LogP contribution < -0.4 is 20.7 Å². The van der Waals surface area contributed by atoms with Gasteiger partial charge >= 0.3 is 12.0 Å². The monoisotopic (exact) mass is 667 g/mol. The summed E-state index contributed by atoms with van der Waals surface area (Å²) in [7, 11) is 3.03. The Balaban J connectivity index is 1.33. The summed E-state index contributed by atoms with van der Waals surface area (Å²) in [5.74, 6) is -1.57. The maximum Gasteiger partial charge on any atom is 0.326 e. The largest absolute Gasteiger partial charge is 0.495 e. The zero-order valence-corrected chi connectivity index (χ0v) is 26.6. The van der Waals surface area contributed by atoms with Crippen molar-refractivity contribution in [3.8, 4) is 5.75 Å². The lowest BCUT2D eigenvalue weighted by Crippen LogP contribution is -2.42. The number of urea groups is 1. The number of carbonyl (C=O) groups is 4. The van der Waals surface area contributed by atoms with Crippen LogP contribution in [0, 0.1) is 6.92 Å². The second kappa shape index (κ2) is 15.3. The number of aromatic nitrogens is 1. The Labute approximate surface area is 274 Å². The van der Waals surface area contributed by atoms with Crippen LogP contribution in [0.5, 0.6) is 5.75 Å². The summed E-state index contributed by atoms with van der Waals surface area (Å²) in [6.07, 6.45) is 1.15. The van der Waals surface area contributed by atoms with Gasteiger partial charge in [0.2, 0.25) is 11.8 Å². The van der Waals surface area contributed by atoms with Crippen LogP contribution in [0.25, 0.3) is 0 Å². The molecule has 4 N–H and O–H groups in total. The molecule has 46 heavy (non-hydrogen) atoms. The standard InChI is InChI=1S/C32H31Cl2N5O7/c1-18-7-4-5-10-23(18)37-32(44)38-24-12-11-19(13-26(24)45-3)14-28(40)39(2)17-27-35-16-20(46-27)15-25(31(42)43)36-30(41)29-21(33)8-6-9-22(29)34/h4-13,16,25H,14-15,17H2,1-3H3,(H,36,41)(H,42,43)(H2,37,38,44). The quantitative estimate of drug-likeness (QED) is 0.152. The molecule has 1 unspecified atom stereocenters. The van der Waals surface area contributed by atoms with Gasteiger partial charge in [0.1, 0.15) is 17.6 Å². The second-order valence-corrected chi connectivity index (χ2v) is 11.1. The van der Waals surface area contributed by atoms with Crippen molar-refractivity contribution >= 4 is 58.4 Å². The van der Waals surface area contributed by atoms with Crippen molar-refractivity contribution in [2.45, 2.75) is 32.4 Å². The van der Waals surface area contributed by atoms with Crippen LogP contribution in [0.15, 0.2) is 71.3 Å². The highest BCUT2D eigenvalue weighted by atomic mass is 35.5. The lowest BCUT2D eigenvalue weighted by atomic mass is 10.1. The maximum atomic E-state index is 13.0. The number of likely N-dealkylation sites (N-methyl/N-ethyl adjacent to an activating group) is 1. The van der Waals surface area contributed by atoms with Crippen LogP contribution in [-0.4, -0.2) is 59.0 Å². The highest BCUT2D eigenvalue weighted by molar-refractivity contribution is 6.39. The molecule has 0 aliphatic carbocycles. The first-order valence-electron chi connectivity index (χ1n) is 13.9. The summed E-state index contributed by atoms with van der Waals surface area (Å²) in [5.41, 5.74) is 2.62. The molecule has 0 radical (unpaired) electrons. The second-order valence-electron chi connectivity index (χ2n) is 10.2. The molecule has 0 saturated heterocycles. The molecule has 0 bridgehead atoms. The van der Waals surface area contributed by atoms with Crippen molar-refractivity contribution in [1.29, 1.82) is 0 Å². The molecule has 0 spiro atoms. The average molecular weight is 669 g/mol. The van der Waals surface area contributed by atoms with Crippen molar-refractivity contribution in [1.82, 2.24) is 15.2 Å². The smallest absolute Gasteiger partial charge is 0.326 e. The van der Waals surface area contributed by atoms with Gasteiger partial charge in [-0.15, -0.1) is 0 Å². The van der Waals surface area contributed by atoms with Gasteiger partial charge < -0.3 is 35.1 Å². The van der Waals surface area contributed by atoms with Crippen LogP contribution in [0.1, 0.15) is 33.1 Å². The molecule has 240 valence electrons. The van der Waals surface area contributed by atoms with E-state index in [4.69, 9.17) is 32.4 Å². The summed E-state index contributed by atoms with van der Waals surface area (Å²) in [6.45, 7) is 1.89.